The van der Waals surface area contributed by atoms with Crippen molar-refractivity contribution in [2.75, 3.05) is 66.3 Å². The smallest absolute Gasteiger partial charge is 0.254 e. The second kappa shape index (κ2) is 13.0. The Morgan fingerprint density at radius 3 is 2.70 bits per heavy atom. The molecule has 1 heterocycles. The van der Waals surface area contributed by atoms with E-state index >= 15 is 0 Å². The van der Waals surface area contributed by atoms with E-state index in [1.807, 2.05) is 31.2 Å². The first kappa shape index (κ1) is 24.8. The number of carbonyl (C=O) groups is 1. The first-order valence-electron chi connectivity index (χ1n) is 10.8. The summed E-state index contributed by atoms with van der Waals surface area (Å²) in [5.41, 5.74) is 1.79. The maximum Gasteiger partial charge on any atom is 0.254 e. The molecule has 2 rings (SSSR count). The molecule has 7 heteroatoms. The monoisotopic (exact) mass is 422 g/mol. The lowest BCUT2D eigenvalue weighted by atomic mass is 10.1. The predicted octanol–water partition coefficient (Wildman–Crippen LogP) is 1.82. The number of nitrogens with zero attached hydrogens (tertiary/aromatic N) is 2. The fourth-order valence-electron chi connectivity index (χ4n) is 3.45. The topological polar surface area (TPSA) is 71.5 Å². The number of aliphatic hydroxyl groups excluding tert-OH is 1. The number of aliphatic hydroxyl groups is 1. The van der Waals surface area contributed by atoms with E-state index in [1.165, 1.54) is 0 Å². The summed E-state index contributed by atoms with van der Waals surface area (Å²) in [5, 5.41) is 10.3. The molecule has 1 saturated heterocycles. The molecular formula is C23H38N2O5. The molecule has 0 unspecified atom stereocenters. The van der Waals surface area contributed by atoms with E-state index in [-0.39, 0.29) is 12.0 Å². The van der Waals surface area contributed by atoms with E-state index in [0.717, 1.165) is 12.1 Å². The number of hydrogen-bond donors (Lipinski definition) is 1. The van der Waals surface area contributed by atoms with E-state index < -0.39 is 6.10 Å². The Kier molecular flexibility index (Phi) is 10.7. The highest BCUT2D eigenvalue weighted by atomic mass is 16.5. The van der Waals surface area contributed by atoms with Gasteiger partial charge in [-0.25, -0.2) is 0 Å². The van der Waals surface area contributed by atoms with Gasteiger partial charge in [0.2, 0.25) is 0 Å². The summed E-state index contributed by atoms with van der Waals surface area (Å²) < 4.78 is 16.7. The van der Waals surface area contributed by atoms with Gasteiger partial charge in [0.15, 0.2) is 0 Å². The van der Waals surface area contributed by atoms with Crippen LogP contribution < -0.4 is 0 Å². The number of carbonyl (C=O) groups excluding carboxylic acids is 1. The zero-order valence-electron chi connectivity index (χ0n) is 18.9. The highest BCUT2D eigenvalue weighted by molar-refractivity contribution is 5.94. The Morgan fingerprint density at radius 2 is 2.03 bits per heavy atom. The van der Waals surface area contributed by atoms with Gasteiger partial charge in [-0.15, -0.1) is 0 Å². The van der Waals surface area contributed by atoms with Crippen molar-refractivity contribution in [3.05, 3.63) is 35.4 Å². The molecule has 0 aromatic heterocycles. The Bertz CT molecular complexity index is 623. The van der Waals surface area contributed by atoms with Crippen LogP contribution in [-0.4, -0.2) is 99.3 Å². The molecule has 1 amide bonds. The van der Waals surface area contributed by atoms with Gasteiger partial charge in [0.25, 0.3) is 5.91 Å². The molecule has 1 aliphatic rings. The number of amides is 1. The van der Waals surface area contributed by atoms with Crippen molar-refractivity contribution in [1.29, 1.82) is 0 Å². The second-order valence-electron chi connectivity index (χ2n) is 8.45. The van der Waals surface area contributed by atoms with Crippen LogP contribution in [0.3, 0.4) is 0 Å². The van der Waals surface area contributed by atoms with Gasteiger partial charge in [-0.3, -0.25) is 9.69 Å². The summed E-state index contributed by atoms with van der Waals surface area (Å²) in [6, 6.07) is 7.62. The first-order chi connectivity index (χ1) is 14.4. The van der Waals surface area contributed by atoms with Gasteiger partial charge in [-0.05, 0) is 25.0 Å². The number of rotatable bonds is 12. The molecule has 1 aliphatic heterocycles. The van der Waals surface area contributed by atoms with E-state index in [4.69, 9.17) is 14.2 Å². The fraction of sp³-hybridized carbons (Fsp3) is 0.696. The van der Waals surface area contributed by atoms with Crippen LogP contribution in [0, 0.1) is 12.8 Å². The van der Waals surface area contributed by atoms with Crippen molar-refractivity contribution >= 4 is 5.91 Å². The number of hydrogen-bond acceptors (Lipinski definition) is 6. The number of benzene rings is 1. The third-order valence-corrected chi connectivity index (χ3v) is 5.03. The minimum atomic E-state index is -0.527. The first-order valence-corrected chi connectivity index (χ1v) is 10.8. The average molecular weight is 423 g/mol. The molecule has 0 radical (unpaired) electrons. The molecule has 0 aliphatic carbocycles. The molecule has 0 saturated carbocycles. The third-order valence-electron chi connectivity index (χ3n) is 5.03. The van der Waals surface area contributed by atoms with Crippen molar-refractivity contribution in [3.8, 4) is 0 Å². The SMILES string of the molecule is COCCN(C[C@H]1CN(C[C@@H](O)COCC(C)C)CCO1)C(=O)c1ccc(C)cc1. The molecule has 1 aromatic rings. The summed E-state index contributed by atoms with van der Waals surface area (Å²) in [7, 11) is 1.64. The molecule has 2 atom stereocenters. The van der Waals surface area contributed by atoms with Gasteiger partial charge < -0.3 is 24.2 Å². The predicted molar refractivity (Wildman–Crippen MR) is 117 cm³/mol. The second-order valence-corrected chi connectivity index (χ2v) is 8.45. The van der Waals surface area contributed by atoms with Crippen LogP contribution in [0.4, 0.5) is 0 Å². The van der Waals surface area contributed by atoms with Crippen molar-refractivity contribution in [2.24, 2.45) is 5.92 Å². The maximum atomic E-state index is 13.0. The number of β-amino-alcohol motifs (C(OH)–C–C–N with tert-alkyl or cyclic N) is 1. The lowest BCUT2D eigenvalue weighted by Crippen LogP contribution is -2.51. The third kappa shape index (κ3) is 8.70. The van der Waals surface area contributed by atoms with Crippen LogP contribution in [0.5, 0.6) is 0 Å². The van der Waals surface area contributed by atoms with Gasteiger partial charge in [0, 0.05) is 52.0 Å². The van der Waals surface area contributed by atoms with Gasteiger partial charge in [-0.2, -0.15) is 0 Å². The molecule has 30 heavy (non-hydrogen) atoms. The van der Waals surface area contributed by atoms with Crippen LogP contribution in [0.1, 0.15) is 29.8 Å². The lowest BCUT2D eigenvalue weighted by Gasteiger charge is -2.36. The number of methoxy groups -OCH3 is 1. The average Bonchev–Trinajstić information content (AvgIpc) is 2.71. The van der Waals surface area contributed by atoms with Crippen molar-refractivity contribution < 1.29 is 24.1 Å². The molecule has 170 valence electrons. The van der Waals surface area contributed by atoms with Crippen LogP contribution in [0.25, 0.3) is 0 Å². The molecule has 1 aromatic carbocycles. The molecular weight excluding hydrogens is 384 g/mol. The highest BCUT2D eigenvalue weighted by Crippen LogP contribution is 2.12. The lowest BCUT2D eigenvalue weighted by molar-refractivity contribution is -0.0605. The van der Waals surface area contributed by atoms with Gasteiger partial charge >= 0.3 is 0 Å². The fourth-order valence-corrected chi connectivity index (χ4v) is 3.45. The van der Waals surface area contributed by atoms with E-state index in [9.17, 15) is 9.90 Å². The summed E-state index contributed by atoms with van der Waals surface area (Å²) >= 11 is 0. The van der Waals surface area contributed by atoms with Crippen molar-refractivity contribution in [1.82, 2.24) is 9.80 Å². The van der Waals surface area contributed by atoms with E-state index in [2.05, 4.69) is 18.7 Å². The number of aryl methyl sites for hydroxylation is 1. The molecule has 1 fully saturated rings. The minimum Gasteiger partial charge on any atom is -0.389 e. The van der Waals surface area contributed by atoms with Crippen LogP contribution in [0.15, 0.2) is 24.3 Å². The Labute approximate surface area is 180 Å². The summed E-state index contributed by atoms with van der Waals surface area (Å²) in [6.45, 7) is 11.2. The number of morpholine rings is 1. The quantitative estimate of drug-likeness (QED) is 0.554. The standard InChI is InChI=1S/C23H38N2O5/c1-18(2)16-29-17-21(26)13-24-9-12-30-22(14-24)15-25(10-11-28-4)23(27)20-7-5-19(3)6-8-20/h5-8,18,21-22,26H,9-17H2,1-4H3/t21-,22-/m1/s1. The van der Waals surface area contributed by atoms with Gasteiger partial charge in [0.1, 0.15) is 0 Å². The van der Waals surface area contributed by atoms with Crippen molar-refractivity contribution in [2.45, 2.75) is 33.0 Å². The highest BCUT2D eigenvalue weighted by Gasteiger charge is 2.26. The van der Waals surface area contributed by atoms with E-state index in [0.29, 0.717) is 64.1 Å². The number of ether oxygens (including phenoxy) is 3. The Morgan fingerprint density at radius 1 is 1.30 bits per heavy atom. The Balaban J connectivity index is 1.89. The van der Waals surface area contributed by atoms with Crippen molar-refractivity contribution in [3.63, 3.8) is 0 Å². The summed E-state index contributed by atoms with van der Waals surface area (Å²) in [6.07, 6.45) is -0.630. The van der Waals surface area contributed by atoms with Gasteiger partial charge in [-0.1, -0.05) is 31.5 Å². The summed E-state index contributed by atoms with van der Waals surface area (Å²) in [4.78, 5) is 17.0. The van der Waals surface area contributed by atoms with Crippen LogP contribution in [-0.2, 0) is 14.2 Å². The van der Waals surface area contributed by atoms with Crippen LogP contribution in [0.2, 0.25) is 0 Å². The zero-order chi connectivity index (χ0) is 21.9. The minimum absolute atomic E-state index is 0.0186. The zero-order valence-corrected chi connectivity index (χ0v) is 18.9. The molecule has 0 spiro atoms. The van der Waals surface area contributed by atoms with E-state index in [1.54, 1.807) is 12.0 Å². The largest absolute Gasteiger partial charge is 0.389 e. The normalized spacial score (nSPS) is 18.5. The van der Waals surface area contributed by atoms with Gasteiger partial charge in [0.05, 0.1) is 32.0 Å². The maximum absolute atomic E-state index is 13.0. The molecule has 0 bridgehead atoms. The Hall–Kier alpha value is -1.51. The summed E-state index contributed by atoms with van der Waals surface area (Å²) in [5.74, 6) is 0.434. The molecule has 7 nitrogen and oxygen atoms in total. The molecule has 1 N–H and O–H groups in total. The van der Waals surface area contributed by atoms with Crippen LogP contribution >= 0.6 is 0 Å².